The fourth-order valence-electron chi connectivity index (χ4n) is 1.36. The molecule has 14 heavy (non-hydrogen) atoms. The molecule has 0 aromatic carbocycles. The first kappa shape index (κ1) is 10.7. The fourth-order valence-corrected chi connectivity index (χ4v) is 1.36. The van der Waals surface area contributed by atoms with Gasteiger partial charge in [0, 0.05) is 0 Å². The van der Waals surface area contributed by atoms with Crippen molar-refractivity contribution in [2.24, 2.45) is 0 Å². The third-order valence-electron chi connectivity index (χ3n) is 2.13. The third-order valence-corrected chi connectivity index (χ3v) is 2.13. The zero-order valence-electron chi connectivity index (χ0n) is 8.43. The van der Waals surface area contributed by atoms with Gasteiger partial charge in [-0.15, -0.1) is 5.10 Å². The Morgan fingerprint density at radius 3 is 2.86 bits per heavy atom. The molecule has 1 heterocycles. The lowest BCUT2D eigenvalue weighted by atomic mass is 10.2. The van der Waals surface area contributed by atoms with Crippen molar-refractivity contribution < 1.29 is 5.11 Å². The normalized spacial score (nSPS) is 12.4. The largest absolute Gasteiger partial charge is 0.394 e. The van der Waals surface area contributed by atoms with Crippen LogP contribution < -0.4 is 0 Å². The van der Waals surface area contributed by atoms with Crippen LogP contribution in [0.2, 0.25) is 0 Å². The van der Waals surface area contributed by atoms with Crippen molar-refractivity contribution in [3.8, 4) is 6.07 Å². The Morgan fingerprint density at radius 1 is 1.64 bits per heavy atom. The summed E-state index contributed by atoms with van der Waals surface area (Å²) in [6, 6.07) is 1.97. The van der Waals surface area contributed by atoms with E-state index in [1.54, 1.807) is 4.68 Å². The van der Waals surface area contributed by atoms with Gasteiger partial charge in [-0.25, -0.2) is 4.68 Å². The van der Waals surface area contributed by atoms with Crippen LogP contribution in [-0.2, 0) is 12.8 Å². The minimum absolute atomic E-state index is 0.0301. The van der Waals surface area contributed by atoms with E-state index in [1.807, 2.05) is 13.8 Å². The van der Waals surface area contributed by atoms with Gasteiger partial charge in [-0.3, -0.25) is 0 Å². The molecule has 1 N–H and O–H groups in total. The second kappa shape index (κ2) is 4.72. The maximum Gasteiger partial charge on any atom is 0.0999 e. The molecular weight excluding hydrogens is 180 g/mol. The number of hydrogen-bond acceptors (Lipinski definition) is 4. The molecule has 1 aromatic heterocycles. The van der Waals surface area contributed by atoms with E-state index < -0.39 is 0 Å². The Kier molecular flexibility index (Phi) is 3.60. The highest BCUT2D eigenvalue weighted by molar-refractivity contribution is 5.14. The zero-order chi connectivity index (χ0) is 10.6. The summed E-state index contributed by atoms with van der Waals surface area (Å²) in [5.74, 6) is 0. The Bertz CT molecular complexity index is 339. The summed E-state index contributed by atoms with van der Waals surface area (Å²) >= 11 is 0. The highest BCUT2D eigenvalue weighted by Crippen LogP contribution is 2.12. The molecule has 0 aliphatic rings. The molecule has 5 nitrogen and oxygen atoms in total. The highest BCUT2D eigenvalue weighted by Gasteiger charge is 2.14. The molecule has 0 fully saturated rings. The van der Waals surface area contributed by atoms with Crippen LogP contribution >= 0.6 is 0 Å². The SMILES string of the molecule is CCc1c(CC#N)nnn1C(C)CO. The monoisotopic (exact) mass is 194 g/mol. The number of hydrogen-bond donors (Lipinski definition) is 1. The topological polar surface area (TPSA) is 74.7 Å². The lowest BCUT2D eigenvalue weighted by molar-refractivity contribution is 0.225. The number of aromatic nitrogens is 3. The number of aliphatic hydroxyl groups excluding tert-OH is 1. The molecule has 0 radical (unpaired) electrons. The second-order valence-corrected chi connectivity index (χ2v) is 3.15. The molecule has 0 bridgehead atoms. The van der Waals surface area contributed by atoms with Crippen LogP contribution in [0, 0.1) is 11.3 Å². The Hall–Kier alpha value is -1.41. The number of rotatable bonds is 4. The zero-order valence-corrected chi connectivity index (χ0v) is 8.43. The van der Waals surface area contributed by atoms with Crippen molar-refractivity contribution in [1.29, 1.82) is 5.26 Å². The van der Waals surface area contributed by atoms with Gasteiger partial charge in [-0.2, -0.15) is 5.26 Å². The molecular formula is C9H14N4O. The lowest BCUT2D eigenvalue weighted by Gasteiger charge is -2.10. The van der Waals surface area contributed by atoms with E-state index in [2.05, 4.69) is 16.4 Å². The first-order chi connectivity index (χ1) is 6.74. The quantitative estimate of drug-likeness (QED) is 0.755. The van der Waals surface area contributed by atoms with Crippen molar-refractivity contribution in [3.63, 3.8) is 0 Å². The van der Waals surface area contributed by atoms with Gasteiger partial charge >= 0.3 is 0 Å². The Labute approximate surface area is 83.0 Å². The summed E-state index contributed by atoms with van der Waals surface area (Å²) in [7, 11) is 0. The molecule has 0 amide bonds. The smallest absolute Gasteiger partial charge is 0.0999 e. The molecule has 0 saturated carbocycles. The van der Waals surface area contributed by atoms with Gasteiger partial charge < -0.3 is 5.11 Å². The molecule has 0 aliphatic heterocycles. The molecule has 0 spiro atoms. The first-order valence-electron chi connectivity index (χ1n) is 4.65. The summed E-state index contributed by atoms with van der Waals surface area (Å²) < 4.78 is 1.69. The Morgan fingerprint density at radius 2 is 2.36 bits per heavy atom. The summed E-state index contributed by atoms with van der Waals surface area (Å²) in [5.41, 5.74) is 1.66. The standard InChI is InChI=1S/C9H14N4O/c1-3-9-8(4-5-10)11-12-13(9)7(2)6-14/h7,14H,3-4,6H2,1-2H3. The molecule has 0 saturated heterocycles. The van der Waals surface area contributed by atoms with Crippen molar-refractivity contribution in [2.45, 2.75) is 32.7 Å². The average Bonchev–Trinajstić information content (AvgIpc) is 2.60. The van der Waals surface area contributed by atoms with E-state index in [9.17, 15) is 0 Å². The minimum atomic E-state index is -0.0788. The highest BCUT2D eigenvalue weighted by atomic mass is 16.3. The van der Waals surface area contributed by atoms with Crippen molar-refractivity contribution in [2.75, 3.05) is 6.61 Å². The molecule has 76 valence electrons. The van der Waals surface area contributed by atoms with Crippen LogP contribution in [0.15, 0.2) is 0 Å². The molecule has 5 heteroatoms. The van der Waals surface area contributed by atoms with E-state index in [4.69, 9.17) is 10.4 Å². The van der Waals surface area contributed by atoms with E-state index >= 15 is 0 Å². The first-order valence-corrected chi connectivity index (χ1v) is 4.65. The van der Waals surface area contributed by atoms with Gasteiger partial charge in [0.1, 0.15) is 0 Å². The van der Waals surface area contributed by atoms with E-state index in [0.29, 0.717) is 0 Å². The second-order valence-electron chi connectivity index (χ2n) is 3.15. The van der Waals surface area contributed by atoms with Crippen LogP contribution in [0.25, 0.3) is 0 Å². The Balaban J connectivity index is 3.01. The van der Waals surface area contributed by atoms with Crippen molar-refractivity contribution >= 4 is 0 Å². The number of nitriles is 1. The van der Waals surface area contributed by atoms with Gasteiger partial charge in [-0.1, -0.05) is 12.1 Å². The van der Waals surface area contributed by atoms with E-state index in [0.717, 1.165) is 17.8 Å². The van der Waals surface area contributed by atoms with Gasteiger partial charge in [0.25, 0.3) is 0 Å². The minimum Gasteiger partial charge on any atom is -0.394 e. The van der Waals surface area contributed by atoms with Crippen molar-refractivity contribution in [1.82, 2.24) is 15.0 Å². The average molecular weight is 194 g/mol. The van der Waals surface area contributed by atoms with Gasteiger partial charge in [-0.05, 0) is 13.3 Å². The molecule has 0 aliphatic carbocycles. The van der Waals surface area contributed by atoms with Crippen LogP contribution in [0.3, 0.4) is 0 Å². The summed E-state index contributed by atoms with van der Waals surface area (Å²) in [6.45, 7) is 3.88. The lowest BCUT2D eigenvalue weighted by Crippen LogP contribution is -2.14. The molecule has 1 atom stereocenters. The predicted molar refractivity (Wildman–Crippen MR) is 50.5 cm³/mol. The number of aliphatic hydroxyl groups is 1. The maximum absolute atomic E-state index is 8.99. The molecule has 1 unspecified atom stereocenters. The fraction of sp³-hybridized carbons (Fsp3) is 0.667. The summed E-state index contributed by atoms with van der Waals surface area (Å²) in [4.78, 5) is 0. The number of nitrogens with zero attached hydrogens (tertiary/aromatic N) is 4. The van der Waals surface area contributed by atoms with Gasteiger partial charge in [0.15, 0.2) is 0 Å². The summed E-state index contributed by atoms with van der Waals surface area (Å²) in [6.07, 6.45) is 1.05. The van der Waals surface area contributed by atoms with Crippen LogP contribution in [-0.4, -0.2) is 26.7 Å². The molecule has 1 rings (SSSR count). The van der Waals surface area contributed by atoms with Crippen LogP contribution in [0.5, 0.6) is 0 Å². The summed E-state index contributed by atoms with van der Waals surface area (Å²) in [5, 5.41) is 25.4. The third kappa shape index (κ3) is 1.91. The van der Waals surface area contributed by atoms with Gasteiger partial charge in [0.05, 0.1) is 36.5 Å². The predicted octanol–water partition coefficient (Wildman–Crippen LogP) is 0.460. The maximum atomic E-state index is 8.99. The van der Waals surface area contributed by atoms with E-state index in [-0.39, 0.29) is 19.1 Å². The molecule has 1 aromatic rings. The van der Waals surface area contributed by atoms with Crippen molar-refractivity contribution in [3.05, 3.63) is 11.4 Å². The van der Waals surface area contributed by atoms with Crippen LogP contribution in [0.1, 0.15) is 31.3 Å². The van der Waals surface area contributed by atoms with Gasteiger partial charge in [0.2, 0.25) is 0 Å². The van der Waals surface area contributed by atoms with Crippen LogP contribution in [0.4, 0.5) is 0 Å². The van der Waals surface area contributed by atoms with E-state index in [1.165, 1.54) is 0 Å².